The molecule has 3 heterocycles. The summed E-state index contributed by atoms with van der Waals surface area (Å²) in [5.74, 6) is 0.535. The Balaban J connectivity index is 1.32. The van der Waals surface area contributed by atoms with Crippen molar-refractivity contribution < 1.29 is 13.5 Å². The number of hydrogen-bond acceptors (Lipinski definition) is 8. The Morgan fingerprint density at radius 3 is 2.74 bits per heavy atom. The quantitative estimate of drug-likeness (QED) is 0.359. The molecule has 1 fully saturated rings. The molecular formula is C24H24N5O3S2-. The van der Waals surface area contributed by atoms with Gasteiger partial charge in [0.05, 0.1) is 29.6 Å². The molecule has 0 saturated carbocycles. The van der Waals surface area contributed by atoms with E-state index in [1.807, 2.05) is 42.6 Å². The maximum absolute atomic E-state index is 10.8. The summed E-state index contributed by atoms with van der Waals surface area (Å²) in [5.41, 5.74) is 5.92. The van der Waals surface area contributed by atoms with Crippen LogP contribution in [0.2, 0.25) is 0 Å². The van der Waals surface area contributed by atoms with Gasteiger partial charge in [-0.3, -0.25) is 9.11 Å². The van der Waals surface area contributed by atoms with Gasteiger partial charge in [0.15, 0.2) is 0 Å². The van der Waals surface area contributed by atoms with Gasteiger partial charge >= 0.3 is 0 Å². The van der Waals surface area contributed by atoms with Gasteiger partial charge in [-0.2, -0.15) is 0 Å². The normalized spacial score (nSPS) is 15.4. The molecule has 34 heavy (non-hydrogen) atoms. The molecule has 0 bridgehead atoms. The van der Waals surface area contributed by atoms with Crippen molar-refractivity contribution >= 4 is 44.5 Å². The lowest BCUT2D eigenvalue weighted by Gasteiger charge is -2.26. The number of rotatable bonds is 8. The van der Waals surface area contributed by atoms with Crippen LogP contribution >= 0.6 is 11.3 Å². The van der Waals surface area contributed by atoms with Crippen LogP contribution in [0.5, 0.6) is 0 Å². The summed E-state index contributed by atoms with van der Waals surface area (Å²) in [4.78, 5) is 11.7. The number of ether oxygens (including phenoxy) is 1. The summed E-state index contributed by atoms with van der Waals surface area (Å²) < 4.78 is 30.5. The van der Waals surface area contributed by atoms with Crippen LogP contribution in [0, 0.1) is 0 Å². The first-order chi connectivity index (χ1) is 16.6. The van der Waals surface area contributed by atoms with Crippen molar-refractivity contribution in [3.8, 4) is 11.1 Å². The molecule has 1 aliphatic rings. The summed E-state index contributed by atoms with van der Waals surface area (Å²) in [6.45, 7) is 4.69. The highest BCUT2D eigenvalue weighted by molar-refractivity contribution is 7.77. The summed E-state index contributed by atoms with van der Waals surface area (Å²) in [6, 6.07) is 16.1. The van der Waals surface area contributed by atoms with E-state index in [-0.39, 0.29) is 6.54 Å². The summed E-state index contributed by atoms with van der Waals surface area (Å²) in [7, 11) is 0. The van der Waals surface area contributed by atoms with Crippen molar-refractivity contribution in [1.29, 1.82) is 0 Å². The molecule has 1 unspecified atom stereocenters. The molecule has 1 atom stereocenters. The van der Waals surface area contributed by atoms with Crippen LogP contribution in [-0.4, -0.2) is 49.9 Å². The van der Waals surface area contributed by atoms with Gasteiger partial charge in [-0.1, -0.05) is 30.3 Å². The lowest BCUT2D eigenvalue weighted by Crippen LogP contribution is -2.35. The molecule has 0 radical (unpaired) electrons. The van der Waals surface area contributed by atoms with Gasteiger partial charge in [-0.05, 0) is 34.9 Å². The van der Waals surface area contributed by atoms with Crippen LogP contribution in [0.1, 0.15) is 11.1 Å². The van der Waals surface area contributed by atoms with Crippen LogP contribution in [0.3, 0.4) is 0 Å². The Morgan fingerprint density at radius 1 is 1.12 bits per heavy atom. The largest absolute Gasteiger partial charge is 0.760 e. The second-order valence-corrected chi connectivity index (χ2v) is 9.69. The zero-order valence-corrected chi connectivity index (χ0v) is 20.0. The second kappa shape index (κ2) is 10.7. The van der Waals surface area contributed by atoms with Crippen LogP contribution in [0.15, 0.2) is 60.1 Å². The maximum Gasteiger partial charge on any atom is 0.227 e. The average Bonchev–Trinajstić information content (AvgIpc) is 3.28. The fourth-order valence-electron chi connectivity index (χ4n) is 3.92. The van der Waals surface area contributed by atoms with E-state index >= 15 is 0 Å². The third-order valence-electron chi connectivity index (χ3n) is 5.67. The smallest absolute Gasteiger partial charge is 0.227 e. The SMILES string of the molecule is O=S([O-])NCc1cccc(-c2csc3cnc(Nc4ccc(CN5CCOCC5)cc4)nc23)c1. The van der Waals surface area contributed by atoms with Gasteiger partial charge in [-0.25, -0.2) is 14.7 Å². The third-order valence-corrected chi connectivity index (χ3v) is 6.95. The molecule has 0 aliphatic carbocycles. The minimum Gasteiger partial charge on any atom is -0.760 e. The van der Waals surface area contributed by atoms with Gasteiger partial charge < -0.3 is 14.6 Å². The molecule has 8 nitrogen and oxygen atoms in total. The van der Waals surface area contributed by atoms with Crippen molar-refractivity contribution in [2.45, 2.75) is 13.1 Å². The molecule has 2 aromatic heterocycles. The monoisotopic (exact) mass is 494 g/mol. The second-order valence-electron chi connectivity index (χ2n) is 8.02. The standard InChI is InChI=1S/C24H25N5O3S2/c30-34(31)26-13-18-2-1-3-19(12-18)21-16-33-22-14-25-24(28-23(21)22)27-20-6-4-17(5-7-20)15-29-8-10-32-11-9-29/h1-7,12,14,16,26H,8-11,13,15H2,(H,30,31)(H,25,27,28)/p-1. The number of thiophene rings is 1. The van der Waals surface area contributed by atoms with Crippen molar-refractivity contribution in [3.05, 3.63) is 71.2 Å². The minimum absolute atomic E-state index is 0.245. The Kier molecular flexibility index (Phi) is 7.24. The molecule has 2 aromatic carbocycles. The average molecular weight is 495 g/mol. The summed E-state index contributed by atoms with van der Waals surface area (Å²) in [5, 5.41) is 5.37. The number of nitrogens with one attached hydrogen (secondary N) is 2. The van der Waals surface area contributed by atoms with Crippen molar-refractivity contribution in [3.63, 3.8) is 0 Å². The van der Waals surface area contributed by atoms with Gasteiger partial charge in [0.1, 0.15) is 0 Å². The number of nitrogens with zero attached hydrogens (tertiary/aromatic N) is 3. The first-order valence-electron chi connectivity index (χ1n) is 11.0. The van der Waals surface area contributed by atoms with Crippen LogP contribution in [0.4, 0.5) is 11.6 Å². The first-order valence-corrected chi connectivity index (χ1v) is 12.9. The Hall–Kier alpha value is -2.73. The molecule has 10 heteroatoms. The number of benzene rings is 2. The predicted octanol–water partition coefficient (Wildman–Crippen LogP) is 3.82. The Bertz CT molecular complexity index is 1290. The van der Waals surface area contributed by atoms with Gasteiger partial charge in [0.25, 0.3) is 0 Å². The zero-order valence-electron chi connectivity index (χ0n) is 18.4. The van der Waals surface area contributed by atoms with Crippen molar-refractivity contribution in [1.82, 2.24) is 19.6 Å². The third kappa shape index (κ3) is 5.66. The molecule has 176 valence electrons. The highest BCUT2D eigenvalue weighted by Crippen LogP contribution is 2.33. The number of fused-ring (bicyclic) bond motifs is 1. The van der Waals surface area contributed by atoms with E-state index in [1.165, 1.54) is 5.56 Å². The van der Waals surface area contributed by atoms with Crippen molar-refractivity contribution in [2.24, 2.45) is 0 Å². The lowest BCUT2D eigenvalue weighted by molar-refractivity contribution is 0.0342. The highest BCUT2D eigenvalue weighted by atomic mass is 32.2. The van der Waals surface area contributed by atoms with Crippen molar-refractivity contribution in [2.75, 3.05) is 31.6 Å². The molecular weight excluding hydrogens is 470 g/mol. The molecule has 0 spiro atoms. The fraction of sp³-hybridized carbons (Fsp3) is 0.250. The minimum atomic E-state index is -2.29. The van der Waals surface area contributed by atoms with E-state index in [2.05, 4.69) is 37.4 Å². The van der Waals surface area contributed by atoms with E-state index in [4.69, 9.17) is 9.72 Å². The van der Waals surface area contributed by atoms with Gasteiger partial charge in [-0.15, -0.1) is 11.3 Å². The number of anilines is 2. The summed E-state index contributed by atoms with van der Waals surface area (Å²) in [6.07, 6.45) is 1.83. The van der Waals surface area contributed by atoms with E-state index < -0.39 is 11.3 Å². The van der Waals surface area contributed by atoms with E-state index in [0.29, 0.717) is 5.95 Å². The Labute approximate surface area is 204 Å². The van der Waals surface area contributed by atoms with Gasteiger partial charge in [0.2, 0.25) is 5.95 Å². The molecule has 1 saturated heterocycles. The van der Waals surface area contributed by atoms with E-state index in [0.717, 1.165) is 65.4 Å². The van der Waals surface area contributed by atoms with Crippen LogP contribution in [0.25, 0.3) is 21.3 Å². The molecule has 0 amide bonds. The summed E-state index contributed by atoms with van der Waals surface area (Å²) >= 11 is -0.707. The van der Waals surface area contributed by atoms with Gasteiger partial charge in [0, 0.05) is 54.1 Å². The highest BCUT2D eigenvalue weighted by Gasteiger charge is 2.12. The molecule has 2 N–H and O–H groups in total. The molecule has 1 aliphatic heterocycles. The maximum atomic E-state index is 10.8. The van der Waals surface area contributed by atoms with Crippen LogP contribution in [-0.2, 0) is 29.1 Å². The Morgan fingerprint density at radius 2 is 1.94 bits per heavy atom. The fourth-order valence-corrected chi connectivity index (χ4v) is 5.08. The number of aromatic nitrogens is 2. The number of hydrogen-bond donors (Lipinski definition) is 2. The first kappa shape index (κ1) is 23.0. The predicted molar refractivity (Wildman–Crippen MR) is 134 cm³/mol. The zero-order chi connectivity index (χ0) is 23.3. The van der Waals surface area contributed by atoms with E-state index in [1.54, 1.807) is 11.3 Å². The molecule has 5 rings (SSSR count). The lowest BCUT2D eigenvalue weighted by atomic mass is 10.0. The van der Waals surface area contributed by atoms with E-state index in [9.17, 15) is 8.76 Å². The van der Waals surface area contributed by atoms with Crippen LogP contribution < -0.4 is 10.0 Å². The molecule has 4 aromatic rings. The topological polar surface area (TPSA) is 102 Å². The number of morpholine rings is 1.